The van der Waals surface area contributed by atoms with Crippen molar-refractivity contribution in [2.75, 3.05) is 32.6 Å². The smallest absolute Gasteiger partial charge is 0.379 e. The lowest BCUT2D eigenvalue weighted by Gasteiger charge is -2.25. The van der Waals surface area contributed by atoms with Gasteiger partial charge >= 0.3 is 6.18 Å². The summed E-state index contributed by atoms with van der Waals surface area (Å²) in [7, 11) is 2.98. The van der Waals surface area contributed by atoms with Crippen molar-refractivity contribution in [3.63, 3.8) is 0 Å². The molecule has 0 aliphatic heterocycles. The van der Waals surface area contributed by atoms with Gasteiger partial charge < -0.3 is 20.3 Å². The van der Waals surface area contributed by atoms with Gasteiger partial charge in [-0.05, 0) is 44.4 Å². The standard InChI is InChI=1S/C28H34ClF4N3O3.C2H6.C2H2/c1-5-22(20(15-28(31,32)33)19-9-6-8-18(2)14-19)34-16-25(38)36(3)13-7-10-24(39-4)26-23(35-17-37)12-11-21(29)27(26)30;2*1-2/h5-6,8-9,11-12,14,17,20,24,34H,7,10,13,15-16H2,1-4H3,(H,35,37);1-2H3;1-2H/b22-5-;;. The SMILES string of the molecule is C#C.C/C=C(\NCC(=O)N(C)CCCC(OC)c1c(NC=O)ccc(Cl)c1F)C(CC(F)(F)F)c1cccc(C)c1.CC. The molecule has 0 radical (unpaired) electrons. The second kappa shape index (κ2) is 20.4. The van der Waals surface area contributed by atoms with Crippen LogP contribution in [0.1, 0.15) is 68.7 Å². The maximum atomic E-state index is 14.7. The maximum Gasteiger partial charge on any atom is 0.390 e. The van der Waals surface area contributed by atoms with Gasteiger partial charge in [-0.25, -0.2) is 4.39 Å². The van der Waals surface area contributed by atoms with E-state index < -0.39 is 30.4 Å². The monoisotopic (exact) mass is 627 g/mol. The highest BCUT2D eigenvalue weighted by molar-refractivity contribution is 6.30. The molecule has 238 valence electrons. The molecule has 2 amide bonds. The number of anilines is 1. The number of likely N-dealkylation sites (N-methyl/N-ethyl adjacent to an activating group) is 1. The third-order valence-corrected chi connectivity index (χ3v) is 6.64. The van der Waals surface area contributed by atoms with E-state index in [0.29, 0.717) is 30.5 Å². The number of rotatable bonds is 14. The zero-order chi connectivity index (χ0) is 33.2. The Morgan fingerprint density at radius 2 is 1.84 bits per heavy atom. The molecule has 2 atom stereocenters. The van der Waals surface area contributed by atoms with Gasteiger partial charge in [0.05, 0.1) is 24.1 Å². The van der Waals surface area contributed by atoms with Crippen LogP contribution in [0.4, 0.5) is 23.2 Å². The van der Waals surface area contributed by atoms with Gasteiger partial charge in [0.1, 0.15) is 5.82 Å². The molecular formula is C32H42ClF4N3O3. The van der Waals surface area contributed by atoms with Crippen LogP contribution in [0.2, 0.25) is 5.02 Å². The number of halogens is 5. The summed E-state index contributed by atoms with van der Waals surface area (Å²) in [4.78, 5) is 25.1. The van der Waals surface area contributed by atoms with Crippen LogP contribution >= 0.6 is 11.6 Å². The maximum absolute atomic E-state index is 14.7. The fourth-order valence-electron chi connectivity index (χ4n) is 4.35. The molecule has 2 aromatic carbocycles. The first kappa shape index (κ1) is 39.5. The van der Waals surface area contributed by atoms with Gasteiger partial charge in [0.15, 0.2) is 0 Å². The van der Waals surface area contributed by atoms with Gasteiger partial charge in [-0.1, -0.05) is 61.4 Å². The van der Waals surface area contributed by atoms with Gasteiger partial charge in [0.25, 0.3) is 0 Å². The molecule has 43 heavy (non-hydrogen) atoms. The Labute approximate surface area is 257 Å². The van der Waals surface area contributed by atoms with Crippen LogP contribution in [0, 0.1) is 25.6 Å². The number of terminal acetylenes is 1. The molecule has 0 fully saturated rings. The normalized spacial score (nSPS) is 12.4. The van der Waals surface area contributed by atoms with Crippen LogP contribution < -0.4 is 10.6 Å². The van der Waals surface area contributed by atoms with Gasteiger partial charge in [-0.2, -0.15) is 13.2 Å². The molecule has 0 aliphatic carbocycles. The number of hydrogen-bond acceptors (Lipinski definition) is 4. The van der Waals surface area contributed by atoms with Crippen molar-refractivity contribution >= 4 is 29.6 Å². The Bertz CT molecular complexity index is 1200. The summed E-state index contributed by atoms with van der Waals surface area (Å²) in [5.74, 6) is -2.00. The van der Waals surface area contributed by atoms with E-state index in [9.17, 15) is 27.2 Å². The molecule has 0 aliphatic rings. The number of aryl methyl sites for hydroxylation is 1. The van der Waals surface area contributed by atoms with E-state index in [2.05, 4.69) is 23.5 Å². The molecule has 0 bridgehead atoms. The quantitative estimate of drug-likeness (QED) is 0.127. The van der Waals surface area contributed by atoms with Crippen LogP contribution in [0.3, 0.4) is 0 Å². The molecular weight excluding hydrogens is 586 g/mol. The van der Waals surface area contributed by atoms with E-state index in [1.165, 1.54) is 24.1 Å². The van der Waals surface area contributed by atoms with Crippen molar-refractivity contribution in [3.8, 4) is 12.8 Å². The van der Waals surface area contributed by atoms with Crippen molar-refractivity contribution in [1.82, 2.24) is 10.2 Å². The Hall–Kier alpha value is -3.55. The summed E-state index contributed by atoms with van der Waals surface area (Å²) < 4.78 is 60.4. The molecule has 2 N–H and O–H groups in total. The average Bonchev–Trinajstić information content (AvgIpc) is 2.99. The highest BCUT2D eigenvalue weighted by Gasteiger charge is 2.34. The van der Waals surface area contributed by atoms with E-state index in [-0.39, 0.29) is 35.3 Å². The average molecular weight is 628 g/mol. The molecule has 0 saturated heterocycles. The number of benzene rings is 2. The Morgan fingerprint density at radius 3 is 2.37 bits per heavy atom. The van der Waals surface area contributed by atoms with Gasteiger partial charge in [0.2, 0.25) is 12.3 Å². The number of methoxy groups -OCH3 is 1. The predicted molar refractivity (Wildman–Crippen MR) is 165 cm³/mol. The topological polar surface area (TPSA) is 70.7 Å². The third-order valence-electron chi connectivity index (χ3n) is 6.35. The van der Waals surface area contributed by atoms with Crippen LogP contribution in [0.25, 0.3) is 0 Å². The minimum atomic E-state index is -4.40. The number of carbonyl (C=O) groups excluding carboxylic acids is 2. The zero-order valence-corrected chi connectivity index (χ0v) is 26.3. The Morgan fingerprint density at radius 1 is 1.19 bits per heavy atom. The second-order valence-corrected chi connectivity index (χ2v) is 9.56. The van der Waals surface area contributed by atoms with Crippen molar-refractivity contribution in [1.29, 1.82) is 0 Å². The lowest BCUT2D eigenvalue weighted by Crippen LogP contribution is -2.37. The number of alkyl halides is 3. The number of carbonyl (C=O) groups is 2. The number of ether oxygens (including phenoxy) is 1. The molecule has 11 heteroatoms. The third kappa shape index (κ3) is 13.1. The molecule has 0 saturated carbocycles. The molecule has 2 rings (SSSR count). The number of nitrogens with zero attached hydrogens (tertiary/aromatic N) is 1. The predicted octanol–water partition coefficient (Wildman–Crippen LogP) is 7.79. The lowest BCUT2D eigenvalue weighted by atomic mass is 9.90. The largest absolute Gasteiger partial charge is 0.390 e. The molecule has 6 nitrogen and oxygen atoms in total. The number of hydrogen-bond donors (Lipinski definition) is 2. The van der Waals surface area contributed by atoms with Crippen molar-refractivity contribution in [2.45, 2.75) is 65.2 Å². The first-order valence-electron chi connectivity index (χ1n) is 13.7. The van der Waals surface area contributed by atoms with Gasteiger partial charge in [0, 0.05) is 43.6 Å². The fourth-order valence-corrected chi connectivity index (χ4v) is 4.52. The molecule has 2 unspecified atom stereocenters. The number of allylic oxidation sites excluding steroid dienone is 2. The first-order valence-corrected chi connectivity index (χ1v) is 14.1. The van der Waals surface area contributed by atoms with Crippen LogP contribution in [-0.4, -0.2) is 50.6 Å². The second-order valence-electron chi connectivity index (χ2n) is 9.15. The molecule has 0 heterocycles. The number of amides is 2. The summed E-state index contributed by atoms with van der Waals surface area (Å²) in [6.45, 7) is 7.53. The van der Waals surface area contributed by atoms with E-state index in [1.807, 2.05) is 26.8 Å². The minimum absolute atomic E-state index is 0.109. The highest BCUT2D eigenvalue weighted by atomic mass is 35.5. The van der Waals surface area contributed by atoms with Crippen molar-refractivity contribution < 1.29 is 31.9 Å². The van der Waals surface area contributed by atoms with E-state index >= 15 is 0 Å². The summed E-state index contributed by atoms with van der Waals surface area (Å²) in [6, 6.07) is 9.68. The highest BCUT2D eigenvalue weighted by Crippen LogP contribution is 2.36. The summed E-state index contributed by atoms with van der Waals surface area (Å²) in [5.41, 5.74) is 2.00. The molecule has 0 aromatic heterocycles. The van der Waals surface area contributed by atoms with Crippen LogP contribution in [0.5, 0.6) is 0 Å². The first-order chi connectivity index (χ1) is 20.4. The van der Waals surface area contributed by atoms with E-state index in [4.69, 9.17) is 16.3 Å². The van der Waals surface area contributed by atoms with Crippen LogP contribution in [0.15, 0.2) is 48.2 Å². The van der Waals surface area contributed by atoms with Gasteiger partial charge in [-0.3, -0.25) is 9.59 Å². The minimum Gasteiger partial charge on any atom is -0.379 e. The summed E-state index contributed by atoms with van der Waals surface area (Å²) in [6.07, 6.45) is 4.52. The van der Waals surface area contributed by atoms with Crippen LogP contribution in [-0.2, 0) is 14.3 Å². The summed E-state index contributed by atoms with van der Waals surface area (Å²) in [5, 5.41) is 5.23. The Kier molecular flexibility index (Phi) is 18.7. The fraction of sp³-hybridized carbons (Fsp3) is 0.438. The number of nitrogens with one attached hydrogen (secondary N) is 2. The zero-order valence-electron chi connectivity index (χ0n) is 25.5. The van der Waals surface area contributed by atoms with Crippen molar-refractivity contribution in [3.05, 3.63) is 75.7 Å². The lowest BCUT2D eigenvalue weighted by molar-refractivity contribution is -0.137. The van der Waals surface area contributed by atoms with Gasteiger partial charge in [-0.15, -0.1) is 12.8 Å². The Balaban J connectivity index is 0.00000422. The van der Waals surface area contributed by atoms with Crippen molar-refractivity contribution in [2.24, 2.45) is 0 Å². The molecule has 0 spiro atoms. The summed E-state index contributed by atoms with van der Waals surface area (Å²) >= 11 is 5.92. The van der Waals surface area contributed by atoms with E-state index in [0.717, 1.165) is 5.56 Å². The van der Waals surface area contributed by atoms with E-state index in [1.54, 1.807) is 38.2 Å². The molecule has 2 aromatic rings.